The van der Waals surface area contributed by atoms with Crippen LogP contribution in [0.4, 0.5) is 21.6 Å². The highest BCUT2D eigenvalue weighted by Gasteiger charge is 2.09. The number of halogens is 2. The summed E-state index contributed by atoms with van der Waals surface area (Å²) in [5.41, 5.74) is 11.4. The van der Waals surface area contributed by atoms with Crippen molar-refractivity contribution in [2.24, 2.45) is 5.73 Å². The van der Waals surface area contributed by atoms with E-state index in [-0.39, 0.29) is 22.9 Å². The zero-order chi connectivity index (χ0) is 14.0. The summed E-state index contributed by atoms with van der Waals surface area (Å²) >= 11 is 3.16. The van der Waals surface area contributed by atoms with Gasteiger partial charge in [0.15, 0.2) is 5.82 Å². The van der Waals surface area contributed by atoms with Crippen LogP contribution >= 0.6 is 15.9 Å². The molecule has 5 N–H and O–H groups in total. The Morgan fingerprint density at radius 1 is 1.32 bits per heavy atom. The third-order valence-corrected chi connectivity index (χ3v) is 2.86. The van der Waals surface area contributed by atoms with Crippen molar-refractivity contribution in [1.29, 1.82) is 0 Å². The number of nitrogens with one attached hydrogen (secondary N) is 1. The second-order valence-electron chi connectivity index (χ2n) is 3.75. The van der Waals surface area contributed by atoms with Crippen molar-refractivity contribution in [3.05, 3.63) is 46.3 Å². The van der Waals surface area contributed by atoms with E-state index in [9.17, 15) is 9.18 Å². The van der Waals surface area contributed by atoms with E-state index in [1.165, 1.54) is 24.3 Å². The summed E-state index contributed by atoms with van der Waals surface area (Å²) < 4.78 is 14.3. The summed E-state index contributed by atoms with van der Waals surface area (Å²) in [6, 6.07) is 7.38. The van der Waals surface area contributed by atoms with Crippen LogP contribution in [0.3, 0.4) is 0 Å². The van der Waals surface area contributed by atoms with Gasteiger partial charge in [0.05, 0.1) is 11.4 Å². The minimum Gasteiger partial charge on any atom is -0.396 e. The van der Waals surface area contributed by atoms with Gasteiger partial charge in [-0.25, -0.2) is 9.37 Å². The zero-order valence-corrected chi connectivity index (χ0v) is 11.2. The zero-order valence-electron chi connectivity index (χ0n) is 9.65. The smallest absolute Gasteiger partial charge is 0.267 e. The van der Waals surface area contributed by atoms with Crippen molar-refractivity contribution in [3.63, 3.8) is 0 Å². The summed E-state index contributed by atoms with van der Waals surface area (Å²) in [7, 11) is 0. The van der Waals surface area contributed by atoms with Gasteiger partial charge in [-0.3, -0.25) is 4.79 Å². The molecule has 1 aromatic carbocycles. The van der Waals surface area contributed by atoms with Gasteiger partial charge in [-0.05, 0) is 30.3 Å². The van der Waals surface area contributed by atoms with E-state index in [1.54, 1.807) is 6.07 Å². The number of aromatic nitrogens is 1. The van der Waals surface area contributed by atoms with E-state index >= 15 is 0 Å². The first-order chi connectivity index (χ1) is 8.97. The Bertz CT molecular complexity index is 648. The molecule has 1 aromatic heterocycles. The number of hydrogen-bond acceptors (Lipinski definition) is 4. The minimum absolute atomic E-state index is 0.0502. The maximum atomic E-state index is 13.7. The molecular formula is C12H10BrFN4O. The monoisotopic (exact) mass is 324 g/mol. The molecule has 1 heterocycles. The van der Waals surface area contributed by atoms with Gasteiger partial charge in [0.2, 0.25) is 0 Å². The Labute approximate surface area is 116 Å². The first kappa shape index (κ1) is 13.3. The lowest BCUT2D eigenvalue weighted by molar-refractivity contribution is 0.0996. The van der Waals surface area contributed by atoms with Gasteiger partial charge < -0.3 is 16.8 Å². The molecule has 98 valence electrons. The number of pyridine rings is 1. The number of carbonyl (C=O) groups is 1. The van der Waals surface area contributed by atoms with E-state index < -0.39 is 11.7 Å². The van der Waals surface area contributed by atoms with Gasteiger partial charge in [-0.15, -0.1) is 0 Å². The molecule has 2 rings (SSSR count). The van der Waals surface area contributed by atoms with Gasteiger partial charge in [0, 0.05) is 4.47 Å². The molecule has 0 atom stereocenters. The second kappa shape index (κ2) is 5.23. The van der Waals surface area contributed by atoms with E-state index in [4.69, 9.17) is 11.5 Å². The standard InChI is InChI=1S/C12H10BrFN4O/c13-6-1-3-9(7(14)5-6)17-12-8(15)2-4-10(18-12)11(16)19/h1-5H,15H2,(H2,16,19)(H,17,18). The molecule has 0 aliphatic heterocycles. The molecule has 0 bridgehead atoms. The predicted molar refractivity (Wildman–Crippen MR) is 74.5 cm³/mol. The number of rotatable bonds is 3. The third-order valence-electron chi connectivity index (χ3n) is 2.36. The molecule has 0 aliphatic carbocycles. The number of primary amides is 1. The number of anilines is 3. The minimum atomic E-state index is -0.681. The first-order valence-corrected chi connectivity index (χ1v) is 6.05. The maximum absolute atomic E-state index is 13.7. The summed E-state index contributed by atoms with van der Waals surface area (Å²) in [4.78, 5) is 15.0. The van der Waals surface area contributed by atoms with Crippen molar-refractivity contribution in [2.45, 2.75) is 0 Å². The molecule has 1 amide bonds. The average Bonchev–Trinajstić information content (AvgIpc) is 2.34. The predicted octanol–water partition coefficient (Wildman–Crippen LogP) is 2.41. The fraction of sp³-hybridized carbons (Fsp3) is 0. The number of nitrogen functional groups attached to an aromatic ring is 1. The van der Waals surface area contributed by atoms with Crippen molar-refractivity contribution < 1.29 is 9.18 Å². The largest absolute Gasteiger partial charge is 0.396 e. The van der Waals surface area contributed by atoms with Crippen molar-refractivity contribution >= 4 is 39.0 Å². The van der Waals surface area contributed by atoms with E-state index in [2.05, 4.69) is 26.2 Å². The summed E-state index contributed by atoms with van der Waals surface area (Å²) in [5.74, 6) is -0.975. The maximum Gasteiger partial charge on any atom is 0.267 e. The molecule has 0 spiro atoms. The van der Waals surface area contributed by atoms with Crippen LogP contribution in [-0.2, 0) is 0 Å². The summed E-state index contributed by atoms with van der Waals surface area (Å²) in [5, 5.41) is 2.72. The van der Waals surface area contributed by atoms with Crippen molar-refractivity contribution in [2.75, 3.05) is 11.1 Å². The second-order valence-corrected chi connectivity index (χ2v) is 4.66. The van der Waals surface area contributed by atoms with E-state index in [0.717, 1.165) is 0 Å². The van der Waals surface area contributed by atoms with Gasteiger partial charge in [-0.1, -0.05) is 15.9 Å². The molecule has 0 aliphatic rings. The highest BCUT2D eigenvalue weighted by molar-refractivity contribution is 9.10. The average molecular weight is 325 g/mol. The number of nitrogens with zero attached hydrogens (tertiary/aromatic N) is 1. The number of hydrogen-bond donors (Lipinski definition) is 3. The van der Waals surface area contributed by atoms with Crippen LogP contribution in [0.2, 0.25) is 0 Å². The first-order valence-electron chi connectivity index (χ1n) is 5.26. The topological polar surface area (TPSA) is 94.0 Å². The Kier molecular flexibility index (Phi) is 3.66. The normalized spacial score (nSPS) is 10.2. The van der Waals surface area contributed by atoms with Crippen molar-refractivity contribution in [3.8, 4) is 0 Å². The van der Waals surface area contributed by atoms with Gasteiger partial charge in [0.25, 0.3) is 5.91 Å². The van der Waals surface area contributed by atoms with Crippen LogP contribution in [0, 0.1) is 5.82 Å². The van der Waals surface area contributed by atoms with Crippen LogP contribution in [-0.4, -0.2) is 10.9 Å². The molecule has 0 fully saturated rings. The number of carbonyl (C=O) groups excluding carboxylic acids is 1. The number of benzene rings is 1. The Morgan fingerprint density at radius 2 is 2.05 bits per heavy atom. The highest BCUT2D eigenvalue weighted by atomic mass is 79.9. The summed E-state index contributed by atoms with van der Waals surface area (Å²) in [6.45, 7) is 0. The quantitative estimate of drug-likeness (QED) is 0.808. The Balaban J connectivity index is 2.37. The lowest BCUT2D eigenvalue weighted by Gasteiger charge is -2.10. The molecule has 19 heavy (non-hydrogen) atoms. The Hall–Kier alpha value is -2.15. The van der Waals surface area contributed by atoms with Crippen LogP contribution in [0.1, 0.15) is 10.5 Å². The molecule has 0 saturated carbocycles. The molecule has 7 heteroatoms. The molecule has 2 aromatic rings. The summed E-state index contributed by atoms with van der Waals surface area (Å²) in [6.07, 6.45) is 0. The van der Waals surface area contributed by atoms with Gasteiger partial charge in [-0.2, -0.15) is 0 Å². The Morgan fingerprint density at radius 3 is 2.68 bits per heavy atom. The molecule has 0 unspecified atom stereocenters. The molecule has 0 saturated heterocycles. The van der Waals surface area contributed by atoms with Crippen LogP contribution in [0.5, 0.6) is 0 Å². The van der Waals surface area contributed by atoms with E-state index in [1.807, 2.05) is 0 Å². The third kappa shape index (κ3) is 3.00. The lowest BCUT2D eigenvalue weighted by Crippen LogP contribution is -2.14. The number of nitrogens with two attached hydrogens (primary N) is 2. The molecule has 5 nitrogen and oxygen atoms in total. The van der Waals surface area contributed by atoms with Crippen LogP contribution < -0.4 is 16.8 Å². The van der Waals surface area contributed by atoms with Gasteiger partial charge in [0.1, 0.15) is 11.5 Å². The van der Waals surface area contributed by atoms with Crippen LogP contribution in [0.25, 0.3) is 0 Å². The highest BCUT2D eigenvalue weighted by Crippen LogP contribution is 2.25. The SMILES string of the molecule is NC(=O)c1ccc(N)c(Nc2ccc(Br)cc2F)n1. The fourth-order valence-electron chi connectivity index (χ4n) is 1.43. The van der Waals surface area contributed by atoms with Gasteiger partial charge >= 0.3 is 0 Å². The van der Waals surface area contributed by atoms with E-state index in [0.29, 0.717) is 4.47 Å². The lowest BCUT2D eigenvalue weighted by atomic mass is 10.2. The molecule has 0 radical (unpaired) electrons. The van der Waals surface area contributed by atoms with Crippen molar-refractivity contribution in [1.82, 2.24) is 4.98 Å². The fourth-order valence-corrected chi connectivity index (χ4v) is 1.76. The molecular weight excluding hydrogens is 315 g/mol. The van der Waals surface area contributed by atoms with Crippen LogP contribution in [0.15, 0.2) is 34.8 Å². The number of amides is 1.